The van der Waals surface area contributed by atoms with Gasteiger partial charge in [-0.2, -0.15) is 15.0 Å². The zero-order valence-corrected chi connectivity index (χ0v) is 12.0. The van der Waals surface area contributed by atoms with E-state index in [-0.39, 0.29) is 17.4 Å². The zero-order valence-electron chi connectivity index (χ0n) is 10.4. The van der Waals surface area contributed by atoms with E-state index >= 15 is 0 Å². The molecule has 100 valence electrons. The largest absolute Gasteiger partial charge is 0.464 e. The van der Waals surface area contributed by atoms with Crippen LogP contribution in [-0.2, 0) is 0 Å². The molecule has 1 heterocycles. The number of nitrogens with zero attached hydrogens (tertiary/aromatic N) is 3. The molecule has 0 aliphatic carbocycles. The maximum Gasteiger partial charge on any atom is 0.321 e. The lowest BCUT2D eigenvalue weighted by Gasteiger charge is -2.07. The first kappa shape index (κ1) is 13.7. The smallest absolute Gasteiger partial charge is 0.321 e. The maximum atomic E-state index is 13.8. The number of halogens is 2. The number of aromatic nitrogens is 3. The van der Waals surface area contributed by atoms with Crippen molar-refractivity contribution in [2.45, 2.75) is 6.92 Å². The summed E-state index contributed by atoms with van der Waals surface area (Å²) >= 11 is 3.29. The summed E-state index contributed by atoms with van der Waals surface area (Å²) in [6, 6.07) is 4.74. The van der Waals surface area contributed by atoms with Crippen LogP contribution in [0.4, 0.5) is 10.3 Å². The number of anilines is 1. The molecule has 7 heteroatoms. The van der Waals surface area contributed by atoms with Crippen LogP contribution in [0.5, 0.6) is 6.01 Å². The molecule has 0 spiro atoms. The van der Waals surface area contributed by atoms with Gasteiger partial charge in [0.1, 0.15) is 5.82 Å². The highest BCUT2D eigenvalue weighted by Crippen LogP contribution is 2.25. The quantitative estimate of drug-likeness (QED) is 0.936. The molecule has 1 N–H and O–H groups in total. The summed E-state index contributed by atoms with van der Waals surface area (Å²) in [6.45, 7) is 2.25. The molecule has 0 unspecified atom stereocenters. The van der Waals surface area contributed by atoms with Gasteiger partial charge < -0.3 is 10.1 Å². The third kappa shape index (κ3) is 3.17. The maximum absolute atomic E-state index is 13.8. The third-order valence-corrected chi connectivity index (χ3v) is 2.77. The minimum atomic E-state index is -0.404. The molecule has 19 heavy (non-hydrogen) atoms. The molecular formula is C12H12BrFN4O. The Morgan fingerprint density at radius 3 is 2.79 bits per heavy atom. The van der Waals surface area contributed by atoms with Gasteiger partial charge in [0.15, 0.2) is 5.82 Å². The third-order valence-electron chi connectivity index (χ3n) is 2.28. The summed E-state index contributed by atoms with van der Waals surface area (Å²) in [5.74, 6) is 0.147. The van der Waals surface area contributed by atoms with E-state index < -0.39 is 5.82 Å². The molecule has 2 rings (SSSR count). The summed E-state index contributed by atoms with van der Waals surface area (Å²) < 4.78 is 19.8. The van der Waals surface area contributed by atoms with Crippen molar-refractivity contribution in [3.8, 4) is 17.4 Å². The standard InChI is InChI=1S/C12H12BrFN4O/c1-3-19-12-17-10(16-11(15-2)18-12)8-6-7(13)4-5-9(8)14/h4-6H,3H2,1-2H3,(H,15,16,17,18). The van der Waals surface area contributed by atoms with Crippen molar-refractivity contribution in [3.63, 3.8) is 0 Å². The fraction of sp³-hybridized carbons (Fsp3) is 0.250. The summed E-state index contributed by atoms with van der Waals surface area (Å²) in [4.78, 5) is 12.3. The van der Waals surface area contributed by atoms with E-state index in [1.165, 1.54) is 6.07 Å². The van der Waals surface area contributed by atoms with E-state index in [1.54, 1.807) is 19.2 Å². The number of benzene rings is 1. The van der Waals surface area contributed by atoms with Gasteiger partial charge in [-0.3, -0.25) is 0 Å². The number of ether oxygens (including phenoxy) is 1. The topological polar surface area (TPSA) is 59.9 Å². The van der Waals surface area contributed by atoms with Crippen LogP contribution in [0.2, 0.25) is 0 Å². The van der Waals surface area contributed by atoms with Crippen molar-refractivity contribution in [3.05, 3.63) is 28.5 Å². The van der Waals surface area contributed by atoms with E-state index in [1.807, 2.05) is 6.92 Å². The number of hydrogen-bond donors (Lipinski definition) is 1. The Kier molecular flexibility index (Phi) is 4.26. The predicted octanol–water partition coefficient (Wildman–Crippen LogP) is 2.88. The second-order valence-corrected chi connectivity index (χ2v) is 4.49. The van der Waals surface area contributed by atoms with Crippen LogP contribution >= 0.6 is 15.9 Å². The Hall–Kier alpha value is -1.76. The first-order valence-electron chi connectivity index (χ1n) is 5.66. The molecule has 0 atom stereocenters. The molecular weight excluding hydrogens is 315 g/mol. The van der Waals surface area contributed by atoms with Gasteiger partial charge >= 0.3 is 6.01 Å². The number of hydrogen-bond acceptors (Lipinski definition) is 5. The van der Waals surface area contributed by atoms with E-state index in [0.29, 0.717) is 12.6 Å². The van der Waals surface area contributed by atoms with E-state index in [9.17, 15) is 4.39 Å². The van der Waals surface area contributed by atoms with Crippen LogP contribution in [0.15, 0.2) is 22.7 Å². The molecule has 0 aliphatic rings. The summed E-state index contributed by atoms with van der Waals surface area (Å²) in [5.41, 5.74) is 0.286. The second-order valence-electron chi connectivity index (χ2n) is 3.57. The van der Waals surface area contributed by atoms with Crippen LogP contribution in [0.1, 0.15) is 6.92 Å². The van der Waals surface area contributed by atoms with E-state index in [2.05, 4.69) is 36.2 Å². The molecule has 0 saturated heterocycles. The number of nitrogens with one attached hydrogen (secondary N) is 1. The average Bonchev–Trinajstić information content (AvgIpc) is 2.41. The minimum absolute atomic E-state index is 0.163. The predicted molar refractivity (Wildman–Crippen MR) is 73.6 cm³/mol. The Morgan fingerprint density at radius 1 is 1.32 bits per heavy atom. The molecule has 0 aliphatic heterocycles. The normalized spacial score (nSPS) is 10.3. The zero-order chi connectivity index (χ0) is 13.8. The molecule has 0 amide bonds. The Balaban J connectivity index is 2.54. The Labute approximate surface area is 118 Å². The molecule has 0 radical (unpaired) electrons. The summed E-state index contributed by atoms with van der Waals surface area (Å²) in [7, 11) is 1.67. The van der Waals surface area contributed by atoms with Crippen molar-refractivity contribution >= 4 is 21.9 Å². The van der Waals surface area contributed by atoms with Gasteiger partial charge in [-0.25, -0.2) is 4.39 Å². The fourth-order valence-corrected chi connectivity index (χ4v) is 1.81. The van der Waals surface area contributed by atoms with Crippen molar-refractivity contribution in [2.75, 3.05) is 19.0 Å². The first-order chi connectivity index (χ1) is 9.13. The molecule has 0 fully saturated rings. The lowest BCUT2D eigenvalue weighted by Crippen LogP contribution is -2.05. The van der Waals surface area contributed by atoms with Crippen LogP contribution < -0.4 is 10.1 Å². The van der Waals surface area contributed by atoms with Crippen LogP contribution in [0.3, 0.4) is 0 Å². The monoisotopic (exact) mass is 326 g/mol. The summed E-state index contributed by atoms with van der Waals surface area (Å²) in [6.07, 6.45) is 0. The molecule has 0 saturated carbocycles. The van der Waals surface area contributed by atoms with Gasteiger partial charge in [-0.05, 0) is 25.1 Å². The van der Waals surface area contributed by atoms with Crippen molar-refractivity contribution < 1.29 is 9.13 Å². The first-order valence-corrected chi connectivity index (χ1v) is 6.45. The highest BCUT2D eigenvalue weighted by atomic mass is 79.9. The lowest BCUT2D eigenvalue weighted by atomic mass is 10.2. The molecule has 0 bridgehead atoms. The minimum Gasteiger partial charge on any atom is -0.464 e. The SMILES string of the molecule is CCOc1nc(NC)nc(-c2cc(Br)ccc2F)n1. The summed E-state index contributed by atoms with van der Waals surface area (Å²) in [5, 5.41) is 2.79. The second kappa shape index (κ2) is 5.92. The van der Waals surface area contributed by atoms with E-state index in [4.69, 9.17) is 4.74 Å². The molecule has 2 aromatic rings. The van der Waals surface area contributed by atoms with Gasteiger partial charge in [-0.1, -0.05) is 15.9 Å². The highest BCUT2D eigenvalue weighted by molar-refractivity contribution is 9.10. The van der Waals surface area contributed by atoms with Gasteiger partial charge in [-0.15, -0.1) is 0 Å². The van der Waals surface area contributed by atoms with E-state index in [0.717, 1.165) is 4.47 Å². The molecule has 1 aromatic carbocycles. The van der Waals surface area contributed by atoms with Gasteiger partial charge in [0.25, 0.3) is 0 Å². The van der Waals surface area contributed by atoms with Gasteiger partial charge in [0, 0.05) is 11.5 Å². The lowest BCUT2D eigenvalue weighted by molar-refractivity contribution is 0.312. The molecule has 5 nitrogen and oxygen atoms in total. The average molecular weight is 327 g/mol. The van der Waals surface area contributed by atoms with Gasteiger partial charge in [0.05, 0.1) is 12.2 Å². The van der Waals surface area contributed by atoms with Crippen LogP contribution in [0.25, 0.3) is 11.4 Å². The van der Waals surface area contributed by atoms with Gasteiger partial charge in [0.2, 0.25) is 5.95 Å². The fourth-order valence-electron chi connectivity index (χ4n) is 1.45. The Bertz CT molecular complexity index is 594. The van der Waals surface area contributed by atoms with Crippen LogP contribution in [0, 0.1) is 5.82 Å². The van der Waals surface area contributed by atoms with Crippen LogP contribution in [-0.4, -0.2) is 28.6 Å². The van der Waals surface area contributed by atoms with Crippen molar-refractivity contribution in [2.24, 2.45) is 0 Å². The number of rotatable bonds is 4. The Morgan fingerprint density at radius 2 is 2.11 bits per heavy atom. The highest BCUT2D eigenvalue weighted by Gasteiger charge is 2.13. The van der Waals surface area contributed by atoms with Crippen molar-refractivity contribution in [1.82, 2.24) is 15.0 Å². The molecule has 1 aromatic heterocycles. The van der Waals surface area contributed by atoms with Crippen molar-refractivity contribution in [1.29, 1.82) is 0 Å².